The first-order chi connectivity index (χ1) is 10.3. The van der Waals surface area contributed by atoms with Crippen molar-refractivity contribution in [3.8, 4) is 11.5 Å². The van der Waals surface area contributed by atoms with E-state index in [2.05, 4.69) is 18.3 Å². The van der Waals surface area contributed by atoms with Gasteiger partial charge in [0.1, 0.15) is 11.5 Å². The monoisotopic (exact) mass is 293 g/mol. The van der Waals surface area contributed by atoms with E-state index in [1.165, 1.54) is 12.0 Å². The van der Waals surface area contributed by atoms with Crippen molar-refractivity contribution in [3.63, 3.8) is 0 Å². The number of hydrogen-bond acceptors (Lipinski definition) is 4. The van der Waals surface area contributed by atoms with E-state index >= 15 is 0 Å². The molecule has 4 heteroatoms. The molecule has 1 atom stereocenters. The van der Waals surface area contributed by atoms with Crippen molar-refractivity contribution in [2.75, 3.05) is 33.5 Å². The maximum atomic E-state index is 5.70. The summed E-state index contributed by atoms with van der Waals surface area (Å²) in [5.41, 5.74) is 1.20. The molecular weight excluding hydrogens is 266 g/mol. The molecule has 0 saturated carbocycles. The smallest absolute Gasteiger partial charge is 0.124 e. The van der Waals surface area contributed by atoms with Crippen LogP contribution in [0.15, 0.2) is 18.2 Å². The SMILES string of the molecule is CCCCOCCCNC1CCOc2ccc(OC)cc21. The van der Waals surface area contributed by atoms with Crippen LogP contribution in [0.2, 0.25) is 0 Å². The molecule has 0 spiro atoms. The molecule has 0 radical (unpaired) electrons. The lowest BCUT2D eigenvalue weighted by Gasteiger charge is -2.27. The number of methoxy groups -OCH3 is 1. The molecule has 1 N–H and O–H groups in total. The number of rotatable bonds is 9. The van der Waals surface area contributed by atoms with Crippen LogP contribution < -0.4 is 14.8 Å². The van der Waals surface area contributed by atoms with Crippen LogP contribution in [0.25, 0.3) is 0 Å². The van der Waals surface area contributed by atoms with Crippen molar-refractivity contribution in [2.45, 2.75) is 38.6 Å². The van der Waals surface area contributed by atoms with Crippen LogP contribution in [0.3, 0.4) is 0 Å². The normalized spacial score (nSPS) is 17.1. The molecular formula is C17H27NO3. The zero-order valence-electron chi connectivity index (χ0n) is 13.2. The molecule has 0 aromatic heterocycles. The van der Waals surface area contributed by atoms with Gasteiger partial charge >= 0.3 is 0 Å². The van der Waals surface area contributed by atoms with E-state index in [0.717, 1.165) is 57.1 Å². The lowest BCUT2D eigenvalue weighted by atomic mass is 10.00. The number of ether oxygens (including phenoxy) is 3. The molecule has 1 heterocycles. The van der Waals surface area contributed by atoms with Crippen molar-refractivity contribution in [2.24, 2.45) is 0 Å². The van der Waals surface area contributed by atoms with Crippen molar-refractivity contribution in [1.82, 2.24) is 5.32 Å². The first kappa shape index (κ1) is 16.1. The summed E-state index contributed by atoms with van der Waals surface area (Å²) in [6, 6.07) is 6.36. The van der Waals surface area contributed by atoms with Gasteiger partial charge in [0, 0.05) is 31.2 Å². The van der Waals surface area contributed by atoms with Gasteiger partial charge in [0.15, 0.2) is 0 Å². The maximum Gasteiger partial charge on any atom is 0.124 e. The topological polar surface area (TPSA) is 39.7 Å². The van der Waals surface area contributed by atoms with Gasteiger partial charge in [-0.2, -0.15) is 0 Å². The summed E-state index contributed by atoms with van der Waals surface area (Å²) in [5, 5.41) is 3.60. The first-order valence-corrected chi connectivity index (χ1v) is 7.97. The van der Waals surface area contributed by atoms with E-state index in [1.807, 2.05) is 12.1 Å². The summed E-state index contributed by atoms with van der Waals surface area (Å²) in [5.74, 6) is 1.85. The van der Waals surface area contributed by atoms with E-state index in [4.69, 9.17) is 14.2 Å². The third-order valence-corrected chi connectivity index (χ3v) is 3.75. The Morgan fingerprint density at radius 2 is 2.14 bits per heavy atom. The molecule has 1 aliphatic heterocycles. The molecule has 1 aromatic carbocycles. The Hall–Kier alpha value is -1.26. The zero-order valence-corrected chi connectivity index (χ0v) is 13.2. The quantitative estimate of drug-likeness (QED) is 0.709. The Morgan fingerprint density at radius 1 is 1.29 bits per heavy atom. The first-order valence-electron chi connectivity index (χ1n) is 7.97. The summed E-state index contributed by atoms with van der Waals surface area (Å²) in [4.78, 5) is 0. The van der Waals surface area contributed by atoms with Crippen LogP contribution in [0, 0.1) is 0 Å². The van der Waals surface area contributed by atoms with Gasteiger partial charge in [0.2, 0.25) is 0 Å². The Kier molecular flexibility index (Phi) is 6.83. The molecule has 1 unspecified atom stereocenters. The summed E-state index contributed by atoms with van der Waals surface area (Å²) in [6.45, 7) is 5.63. The molecule has 0 aliphatic carbocycles. The second-order valence-electron chi connectivity index (χ2n) is 5.37. The van der Waals surface area contributed by atoms with Gasteiger partial charge in [-0.3, -0.25) is 0 Å². The van der Waals surface area contributed by atoms with Crippen LogP contribution in [0.1, 0.15) is 44.2 Å². The van der Waals surface area contributed by atoms with Crippen molar-refractivity contribution in [1.29, 1.82) is 0 Å². The lowest BCUT2D eigenvalue weighted by Crippen LogP contribution is -2.28. The van der Waals surface area contributed by atoms with Gasteiger partial charge in [-0.1, -0.05) is 13.3 Å². The minimum absolute atomic E-state index is 0.347. The fraction of sp³-hybridized carbons (Fsp3) is 0.647. The summed E-state index contributed by atoms with van der Waals surface area (Å²) in [6.07, 6.45) is 4.39. The highest BCUT2D eigenvalue weighted by atomic mass is 16.5. The average molecular weight is 293 g/mol. The number of hydrogen-bond donors (Lipinski definition) is 1. The van der Waals surface area contributed by atoms with Gasteiger partial charge in [-0.25, -0.2) is 0 Å². The molecule has 0 fully saturated rings. The molecule has 1 aliphatic rings. The van der Waals surface area contributed by atoms with Gasteiger partial charge < -0.3 is 19.5 Å². The third kappa shape index (κ3) is 4.90. The fourth-order valence-electron chi connectivity index (χ4n) is 2.51. The molecule has 1 aromatic rings. The predicted molar refractivity (Wildman–Crippen MR) is 84.2 cm³/mol. The Morgan fingerprint density at radius 3 is 2.95 bits per heavy atom. The molecule has 21 heavy (non-hydrogen) atoms. The zero-order chi connectivity index (χ0) is 14.9. The van der Waals surface area contributed by atoms with Crippen molar-refractivity contribution < 1.29 is 14.2 Å². The number of fused-ring (bicyclic) bond motifs is 1. The van der Waals surface area contributed by atoms with Crippen LogP contribution in [0.4, 0.5) is 0 Å². The molecule has 0 amide bonds. The highest BCUT2D eigenvalue weighted by Gasteiger charge is 2.21. The average Bonchev–Trinajstić information content (AvgIpc) is 2.53. The van der Waals surface area contributed by atoms with Gasteiger partial charge in [-0.05, 0) is 37.6 Å². The van der Waals surface area contributed by atoms with E-state index < -0.39 is 0 Å². The summed E-state index contributed by atoms with van der Waals surface area (Å²) >= 11 is 0. The van der Waals surface area contributed by atoms with Gasteiger partial charge in [0.25, 0.3) is 0 Å². The highest BCUT2D eigenvalue weighted by Crippen LogP contribution is 2.34. The standard InChI is InChI=1S/C17H27NO3/c1-3-4-10-20-11-5-9-18-16-8-12-21-17-7-6-14(19-2)13-15(16)17/h6-7,13,16,18H,3-5,8-12H2,1-2H3. The van der Waals surface area contributed by atoms with E-state index in [1.54, 1.807) is 7.11 Å². The molecule has 0 bridgehead atoms. The Balaban J connectivity index is 1.77. The molecule has 2 rings (SSSR count). The number of unbranched alkanes of at least 4 members (excludes halogenated alkanes) is 1. The Labute approximate surface area is 127 Å². The van der Waals surface area contributed by atoms with Crippen molar-refractivity contribution >= 4 is 0 Å². The summed E-state index contributed by atoms with van der Waals surface area (Å²) in [7, 11) is 1.70. The minimum Gasteiger partial charge on any atom is -0.497 e. The molecule has 118 valence electrons. The minimum atomic E-state index is 0.347. The van der Waals surface area contributed by atoms with Gasteiger partial charge in [0.05, 0.1) is 13.7 Å². The Bertz CT molecular complexity index is 422. The second kappa shape index (κ2) is 8.90. The predicted octanol–water partition coefficient (Wildman–Crippen LogP) is 3.32. The maximum absolute atomic E-state index is 5.70. The van der Waals surface area contributed by atoms with Gasteiger partial charge in [-0.15, -0.1) is 0 Å². The fourth-order valence-corrected chi connectivity index (χ4v) is 2.51. The highest BCUT2D eigenvalue weighted by molar-refractivity contribution is 5.43. The lowest BCUT2D eigenvalue weighted by molar-refractivity contribution is 0.127. The van der Waals surface area contributed by atoms with Crippen LogP contribution in [0.5, 0.6) is 11.5 Å². The second-order valence-corrected chi connectivity index (χ2v) is 5.37. The van der Waals surface area contributed by atoms with E-state index in [0.29, 0.717) is 6.04 Å². The van der Waals surface area contributed by atoms with Crippen LogP contribution >= 0.6 is 0 Å². The summed E-state index contributed by atoms with van der Waals surface area (Å²) < 4.78 is 16.6. The largest absolute Gasteiger partial charge is 0.497 e. The van der Waals surface area contributed by atoms with E-state index in [9.17, 15) is 0 Å². The molecule has 4 nitrogen and oxygen atoms in total. The number of nitrogens with one attached hydrogen (secondary N) is 1. The van der Waals surface area contributed by atoms with Crippen molar-refractivity contribution in [3.05, 3.63) is 23.8 Å². The van der Waals surface area contributed by atoms with Crippen LogP contribution in [-0.4, -0.2) is 33.5 Å². The van der Waals surface area contributed by atoms with Crippen LogP contribution in [-0.2, 0) is 4.74 Å². The molecule has 0 saturated heterocycles. The number of benzene rings is 1. The third-order valence-electron chi connectivity index (χ3n) is 3.75. The van der Waals surface area contributed by atoms with E-state index in [-0.39, 0.29) is 0 Å².